The van der Waals surface area contributed by atoms with Gasteiger partial charge in [-0.15, -0.1) is 0 Å². The first-order valence-corrected chi connectivity index (χ1v) is 4.37. The number of ether oxygens (including phenoxy) is 1. The van der Waals surface area contributed by atoms with Gasteiger partial charge in [0.25, 0.3) is 0 Å². The quantitative estimate of drug-likeness (QED) is 0.695. The molecule has 0 bridgehead atoms. The number of nitriles is 1. The second kappa shape index (κ2) is 4.74. The molecule has 2 nitrogen and oxygen atoms in total. The van der Waals surface area contributed by atoms with Crippen molar-refractivity contribution in [2.75, 3.05) is 6.61 Å². The van der Waals surface area contributed by atoms with Gasteiger partial charge in [-0.1, -0.05) is 17.7 Å². The van der Waals surface area contributed by atoms with Crippen molar-refractivity contribution >= 4 is 11.6 Å². The summed E-state index contributed by atoms with van der Waals surface area (Å²) in [4.78, 5) is 0. The zero-order valence-electron chi connectivity index (χ0n) is 7.38. The van der Waals surface area contributed by atoms with E-state index in [9.17, 15) is 0 Å². The van der Waals surface area contributed by atoms with Gasteiger partial charge in [0.05, 0.1) is 17.5 Å². The smallest absolute Gasteiger partial charge is 0.138 e. The molecule has 68 valence electrons. The Morgan fingerprint density at radius 3 is 3.00 bits per heavy atom. The molecule has 0 unspecified atom stereocenters. The molecule has 1 rings (SSSR count). The number of rotatable bonds is 3. The van der Waals surface area contributed by atoms with E-state index < -0.39 is 0 Å². The number of halogens is 1. The third kappa shape index (κ3) is 2.96. The molecular weight excluding hydrogens is 186 g/mol. The first-order valence-electron chi connectivity index (χ1n) is 4.00. The van der Waals surface area contributed by atoms with E-state index in [0.29, 0.717) is 23.8 Å². The van der Waals surface area contributed by atoms with Gasteiger partial charge in [0.15, 0.2) is 0 Å². The Labute approximate surface area is 82.7 Å². The van der Waals surface area contributed by atoms with Gasteiger partial charge in [-0.3, -0.25) is 0 Å². The molecule has 0 saturated heterocycles. The van der Waals surface area contributed by atoms with E-state index in [1.165, 1.54) is 0 Å². The van der Waals surface area contributed by atoms with Crippen LogP contribution in [-0.4, -0.2) is 6.61 Å². The van der Waals surface area contributed by atoms with Crippen LogP contribution in [0.5, 0.6) is 5.75 Å². The van der Waals surface area contributed by atoms with E-state index in [2.05, 4.69) is 0 Å². The van der Waals surface area contributed by atoms with E-state index in [4.69, 9.17) is 21.6 Å². The SMILES string of the molecule is Cc1ccc(Cl)c(OCCC#N)c1. The normalized spacial score (nSPS) is 9.31. The topological polar surface area (TPSA) is 33.0 Å². The Morgan fingerprint density at radius 1 is 1.54 bits per heavy atom. The molecule has 0 fully saturated rings. The first-order chi connectivity index (χ1) is 6.24. The molecule has 13 heavy (non-hydrogen) atoms. The van der Waals surface area contributed by atoms with Crippen molar-refractivity contribution in [2.24, 2.45) is 0 Å². The minimum Gasteiger partial charge on any atom is -0.491 e. The van der Waals surface area contributed by atoms with Crippen molar-refractivity contribution in [1.29, 1.82) is 5.26 Å². The summed E-state index contributed by atoms with van der Waals surface area (Å²) in [6, 6.07) is 7.57. The summed E-state index contributed by atoms with van der Waals surface area (Å²) in [6.07, 6.45) is 0.379. The average molecular weight is 196 g/mol. The molecule has 0 aliphatic rings. The second-order valence-corrected chi connectivity index (χ2v) is 3.10. The lowest BCUT2D eigenvalue weighted by atomic mass is 10.2. The van der Waals surface area contributed by atoms with Crippen molar-refractivity contribution in [3.05, 3.63) is 28.8 Å². The zero-order chi connectivity index (χ0) is 9.68. The molecule has 3 heteroatoms. The molecule has 0 aromatic heterocycles. The standard InChI is InChI=1S/C10H10ClNO/c1-8-3-4-9(11)10(7-8)13-6-2-5-12/h3-4,7H,2,6H2,1H3. The maximum atomic E-state index is 8.31. The molecule has 1 aromatic carbocycles. The van der Waals surface area contributed by atoms with Gasteiger partial charge in [-0.05, 0) is 24.6 Å². The maximum Gasteiger partial charge on any atom is 0.138 e. The summed E-state index contributed by atoms with van der Waals surface area (Å²) in [5, 5.41) is 8.89. The van der Waals surface area contributed by atoms with Crippen molar-refractivity contribution in [1.82, 2.24) is 0 Å². The molecule has 0 radical (unpaired) electrons. The van der Waals surface area contributed by atoms with E-state index in [1.54, 1.807) is 6.07 Å². The highest BCUT2D eigenvalue weighted by Crippen LogP contribution is 2.25. The van der Waals surface area contributed by atoms with Gasteiger partial charge in [0.2, 0.25) is 0 Å². The van der Waals surface area contributed by atoms with Crippen LogP contribution in [0.1, 0.15) is 12.0 Å². The first kappa shape index (κ1) is 9.88. The third-order valence-electron chi connectivity index (χ3n) is 1.56. The van der Waals surface area contributed by atoms with Crippen molar-refractivity contribution in [3.8, 4) is 11.8 Å². The van der Waals surface area contributed by atoms with Crippen LogP contribution in [0.3, 0.4) is 0 Å². The Balaban J connectivity index is 2.65. The van der Waals surface area contributed by atoms with Crippen LogP contribution in [0.4, 0.5) is 0 Å². The molecule has 0 atom stereocenters. The van der Waals surface area contributed by atoms with Gasteiger partial charge < -0.3 is 4.74 Å². The highest BCUT2D eigenvalue weighted by Gasteiger charge is 2.00. The molecule has 0 heterocycles. The maximum absolute atomic E-state index is 8.31. The molecule has 0 aliphatic heterocycles. The number of aryl methyl sites for hydroxylation is 1. The predicted octanol–water partition coefficient (Wildman–Crippen LogP) is 2.94. The number of benzene rings is 1. The van der Waals surface area contributed by atoms with Crippen LogP contribution >= 0.6 is 11.6 Å². The minimum atomic E-state index is 0.379. The Hall–Kier alpha value is -1.20. The fraction of sp³-hybridized carbons (Fsp3) is 0.300. The molecular formula is C10H10ClNO. The minimum absolute atomic E-state index is 0.379. The fourth-order valence-corrected chi connectivity index (χ4v) is 1.10. The molecule has 0 spiro atoms. The summed E-state index contributed by atoms with van der Waals surface area (Å²) in [5.74, 6) is 0.650. The Morgan fingerprint density at radius 2 is 2.31 bits per heavy atom. The van der Waals surface area contributed by atoms with Gasteiger partial charge in [0, 0.05) is 0 Å². The summed E-state index contributed by atoms with van der Waals surface area (Å²) >= 11 is 5.87. The molecule has 0 N–H and O–H groups in total. The van der Waals surface area contributed by atoms with Gasteiger partial charge >= 0.3 is 0 Å². The number of nitrogens with zero attached hydrogens (tertiary/aromatic N) is 1. The van der Waals surface area contributed by atoms with Gasteiger partial charge in [-0.2, -0.15) is 5.26 Å². The van der Waals surface area contributed by atoms with Crippen LogP contribution in [0.2, 0.25) is 5.02 Å². The highest BCUT2D eigenvalue weighted by atomic mass is 35.5. The van der Waals surface area contributed by atoms with Gasteiger partial charge in [-0.25, -0.2) is 0 Å². The zero-order valence-corrected chi connectivity index (χ0v) is 8.14. The summed E-state index contributed by atoms with van der Waals surface area (Å²) in [6.45, 7) is 2.35. The van der Waals surface area contributed by atoms with Crippen molar-refractivity contribution in [3.63, 3.8) is 0 Å². The third-order valence-corrected chi connectivity index (χ3v) is 1.87. The van der Waals surface area contributed by atoms with Crippen LogP contribution < -0.4 is 4.74 Å². The fourth-order valence-electron chi connectivity index (χ4n) is 0.928. The summed E-state index contributed by atoms with van der Waals surface area (Å²) in [7, 11) is 0. The lowest BCUT2D eigenvalue weighted by Crippen LogP contribution is -1.96. The summed E-state index contributed by atoms with van der Waals surface area (Å²) in [5.41, 5.74) is 1.09. The van der Waals surface area contributed by atoms with Crippen LogP contribution in [-0.2, 0) is 0 Å². The lowest BCUT2D eigenvalue weighted by Gasteiger charge is -2.06. The van der Waals surface area contributed by atoms with Crippen LogP contribution in [0, 0.1) is 18.3 Å². The molecule has 0 aliphatic carbocycles. The molecule has 0 amide bonds. The van der Waals surface area contributed by atoms with Crippen LogP contribution in [0.25, 0.3) is 0 Å². The Kier molecular flexibility index (Phi) is 3.60. The molecule has 1 aromatic rings. The Bertz CT molecular complexity index is 330. The second-order valence-electron chi connectivity index (χ2n) is 2.69. The number of hydrogen-bond donors (Lipinski definition) is 0. The van der Waals surface area contributed by atoms with E-state index in [1.807, 2.05) is 25.1 Å². The highest BCUT2D eigenvalue weighted by molar-refractivity contribution is 6.32. The average Bonchev–Trinajstić information content (AvgIpc) is 2.11. The van der Waals surface area contributed by atoms with Crippen molar-refractivity contribution in [2.45, 2.75) is 13.3 Å². The molecule has 0 saturated carbocycles. The monoisotopic (exact) mass is 195 g/mol. The number of hydrogen-bond acceptors (Lipinski definition) is 2. The van der Waals surface area contributed by atoms with Gasteiger partial charge in [0.1, 0.15) is 12.4 Å². The van der Waals surface area contributed by atoms with Crippen LogP contribution in [0.15, 0.2) is 18.2 Å². The van der Waals surface area contributed by atoms with E-state index in [0.717, 1.165) is 5.56 Å². The largest absolute Gasteiger partial charge is 0.491 e. The summed E-state index contributed by atoms with van der Waals surface area (Å²) < 4.78 is 5.30. The van der Waals surface area contributed by atoms with E-state index in [-0.39, 0.29) is 0 Å². The lowest BCUT2D eigenvalue weighted by molar-refractivity contribution is 0.326. The van der Waals surface area contributed by atoms with Crippen molar-refractivity contribution < 1.29 is 4.74 Å². The van der Waals surface area contributed by atoms with E-state index >= 15 is 0 Å². The predicted molar refractivity (Wildman–Crippen MR) is 51.9 cm³/mol.